The van der Waals surface area contributed by atoms with Gasteiger partial charge in [-0.25, -0.2) is 18.2 Å². The number of carbonyl (C=O) groups excluding carboxylic acids is 1. The van der Waals surface area contributed by atoms with Gasteiger partial charge in [0, 0.05) is 12.4 Å². The summed E-state index contributed by atoms with van der Waals surface area (Å²) in [5.41, 5.74) is 1.84. The van der Waals surface area contributed by atoms with Gasteiger partial charge in [-0.15, -0.1) is 0 Å². The number of pyridine rings is 1. The van der Waals surface area contributed by atoms with Gasteiger partial charge >= 0.3 is 5.97 Å². The molecule has 1 N–H and O–H groups in total. The molecule has 0 amide bonds. The SMILES string of the molecule is COC(=O)c1ccc(C=Nc2ccc(S(=O)(=O)Nc3ccccn3)cc2)cc1. The summed E-state index contributed by atoms with van der Waals surface area (Å²) >= 11 is 0. The van der Waals surface area contributed by atoms with E-state index in [1.807, 2.05) is 0 Å². The highest BCUT2D eigenvalue weighted by Crippen LogP contribution is 2.19. The van der Waals surface area contributed by atoms with Crippen molar-refractivity contribution in [3.8, 4) is 0 Å². The third-order valence-electron chi connectivity index (χ3n) is 3.75. The quantitative estimate of drug-likeness (QED) is 0.509. The average molecular weight is 395 g/mol. The summed E-state index contributed by atoms with van der Waals surface area (Å²) in [6.45, 7) is 0. The Bertz CT molecular complexity index is 1080. The molecule has 0 spiro atoms. The van der Waals surface area contributed by atoms with Crippen molar-refractivity contribution in [2.24, 2.45) is 4.99 Å². The van der Waals surface area contributed by atoms with Gasteiger partial charge in [0.1, 0.15) is 5.82 Å². The van der Waals surface area contributed by atoms with E-state index in [-0.39, 0.29) is 10.7 Å². The van der Waals surface area contributed by atoms with E-state index >= 15 is 0 Å². The van der Waals surface area contributed by atoms with Gasteiger partial charge in [-0.3, -0.25) is 9.71 Å². The standard InChI is InChI=1S/C20H17N3O4S/c1-27-20(24)16-7-5-15(6-8-16)14-22-17-9-11-18(12-10-17)28(25,26)23-19-4-2-3-13-21-19/h2-14H,1H3,(H,21,23). The predicted octanol–water partition coefficient (Wildman–Crippen LogP) is 3.42. The van der Waals surface area contributed by atoms with Crippen LogP contribution >= 0.6 is 0 Å². The van der Waals surface area contributed by atoms with Gasteiger partial charge < -0.3 is 4.74 Å². The molecule has 7 nitrogen and oxygen atoms in total. The highest BCUT2D eigenvalue weighted by Gasteiger charge is 2.14. The molecule has 0 bridgehead atoms. The van der Waals surface area contributed by atoms with E-state index in [0.717, 1.165) is 5.56 Å². The molecule has 0 unspecified atom stereocenters. The summed E-state index contributed by atoms with van der Waals surface area (Å²) < 4.78 is 31.8. The number of aromatic nitrogens is 1. The van der Waals surface area contributed by atoms with Gasteiger partial charge in [-0.2, -0.15) is 0 Å². The highest BCUT2D eigenvalue weighted by atomic mass is 32.2. The minimum Gasteiger partial charge on any atom is -0.465 e. The summed E-state index contributed by atoms with van der Waals surface area (Å²) in [5.74, 6) is -0.153. The Labute approximate surface area is 162 Å². The normalized spacial score (nSPS) is 11.3. The Balaban J connectivity index is 1.70. The van der Waals surface area contributed by atoms with Crippen molar-refractivity contribution >= 4 is 33.7 Å². The minimum atomic E-state index is -3.72. The topological polar surface area (TPSA) is 97.7 Å². The minimum absolute atomic E-state index is 0.111. The second-order valence-electron chi connectivity index (χ2n) is 5.69. The Hall–Kier alpha value is -3.52. The van der Waals surface area contributed by atoms with Crippen molar-refractivity contribution in [1.82, 2.24) is 4.98 Å². The molecule has 1 aromatic heterocycles. The van der Waals surface area contributed by atoms with Crippen LogP contribution in [0.2, 0.25) is 0 Å². The van der Waals surface area contributed by atoms with Crippen molar-refractivity contribution < 1.29 is 17.9 Å². The Kier molecular flexibility index (Phi) is 5.81. The molecular formula is C20H17N3O4S. The van der Waals surface area contributed by atoms with Crippen LogP contribution in [-0.2, 0) is 14.8 Å². The summed E-state index contributed by atoms with van der Waals surface area (Å²) in [5, 5.41) is 0. The number of benzene rings is 2. The molecule has 0 fully saturated rings. The van der Waals surface area contributed by atoms with Crippen LogP contribution in [0, 0.1) is 0 Å². The van der Waals surface area contributed by atoms with E-state index in [4.69, 9.17) is 0 Å². The second-order valence-corrected chi connectivity index (χ2v) is 7.37. The van der Waals surface area contributed by atoms with Crippen LogP contribution in [0.25, 0.3) is 0 Å². The van der Waals surface area contributed by atoms with E-state index in [1.165, 1.54) is 25.4 Å². The van der Waals surface area contributed by atoms with Crippen LogP contribution in [0.1, 0.15) is 15.9 Å². The van der Waals surface area contributed by atoms with Gasteiger partial charge in [0.15, 0.2) is 0 Å². The highest BCUT2D eigenvalue weighted by molar-refractivity contribution is 7.92. The van der Waals surface area contributed by atoms with E-state index in [0.29, 0.717) is 11.3 Å². The second kappa shape index (κ2) is 8.45. The van der Waals surface area contributed by atoms with E-state index < -0.39 is 16.0 Å². The number of esters is 1. The smallest absolute Gasteiger partial charge is 0.337 e. The number of sulfonamides is 1. The number of ether oxygens (including phenoxy) is 1. The lowest BCUT2D eigenvalue weighted by atomic mass is 10.1. The van der Waals surface area contributed by atoms with Crippen LogP contribution in [0.3, 0.4) is 0 Å². The fraction of sp³-hybridized carbons (Fsp3) is 0.0500. The van der Waals surface area contributed by atoms with Gasteiger partial charge in [0.05, 0.1) is 23.3 Å². The van der Waals surface area contributed by atoms with Gasteiger partial charge in [0.25, 0.3) is 10.0 Å². The lowest BCUT2D eigenvalue weighted by Crippen LogP contribution is -2.13. The molecule has 0 saturated carbocycles. The summed E-state index contributed by atoms with van der Waals surface area (Å²) in [4.78, 5) is 19.8. The number of hydrogen-bond acceptors (Lipinski definition) is 6. The molecule has 0 radical (unpaired) electrons. The summed E-state index contributed by atoms with van der Waals surface area (Å²) in [7, 11) is -2.39. The fourth-order valence-corrected chi connectivity index (χ4v) is 3.31. The molecule has 3 rings (SSSR count). The third-order valence-corrected chi connectivity index (χ3v) is 5.12. The molecule has 3 aromatic rings. The molecule has 0 aliphatic heterocycles. The Morgan fingerprint density at radius 3 is 2.36 bits per heavy atom. The maximum absolute atomic E-state index is 12.4. The molecular weight excluding hydrogens is 378 g/mol. The lowest BCUT2D eigenvalue weighted by Gasteiger charge is -2.07. The van der Waals surface area contributed by atoms with E-state index in [2.05, 4.69) is 19.4 Å². The largest absolute Gasteiger partial charge is 0.465 e. The third kappa shape index (κ3) is 4.80. The first-order valence-corrected chi connectivity index (χ1v) is 9.72. The maximum Gasteiger partial charge on any atom is 0.337 e. The van der Waals surface area contributed by atoms with Crippen molar-refractivity contribution in [2.45, 2.75) is 4.90 Å². The molecule has 0 saturated heterocycles. The van der Waals surface area contributed by atoms with Crippen LogP contribution in [0.4, 0.5) is 11.5 Å². The molecule has 1 heterocycles. The lowest BCUT2D eigenvalue weighted by molar-refractivity contribution is 0.0600. The van der Waals surface area contributed by atoms with Crippen LogP contribution in [-0.4, -0.2) is 32.7 Å². The first kappa shape index (κ1) is 19.2. The van der Waals surface area contributed by atoms with Crippen molar-refractivity contribution in [2.75, 3.05) is 11.8 Å². The maximum atomic E-state index is 12.4. The molecule has 8 heteroatoms. The number of nitrogens with zero attached hydrogens (tertiary/aromatic N) is 2. The van der Waals surface area contributed by atoms with Gasteiger partial charge in [-0.1, -0.05) is 18.2 Å². The summed E-state index contributed by atoms with van der Waals surface area (Å²) in [6.07, 6.45) is 3.13. The van der Waals surface area contributed by atoms with Gasteiger partial charge in [-0.05, 0) is 54.1 Å². The van der Waals surface area contributed by atoms with E-state index in [1.54, 1.807) is 60.8 Å². The van der Waals surface area contributed by atoms with E-state index in [9.17, 15) is 13.2 Å². The molecule has 0 atom stereocenters. The van der Waals surface area contributed by atoms with Crippen LogP contribution < -0.4 is 4.72 Å². The summed E-state index contributed by atoms with van der Waals surface area (Å²) in [6, 6.07) is 17.9. The number of rotatable bonds is 6. The molecule has 0 aliphatic carbocycles. The fourth-order valence-electron chi connectivity index (χ4n) is 2.30. The monoisotopic (exact) mass is 395 g/mol. The average Bonchev–Trinajstić information content (AvgIpc) is 2.73. The number of aliphatic imine (C=N–C) groups is 1. The van der Waals surface area contributed by atoms with Crippen LogP contribution in [0.15, 0.2) is 82.8 Å². The number of nitrogens with one attached hydrogen (secondary N) is 1. The van der Waals surface area contributed by atoms with Crippen molar-refractivity contribution in [1.29, 1.82) is 0 Å². The van der Waals surface area contributed by atoms with Crippen molar-refractivity contribution in [3.05, 3.63) is 84.1 Å². The zero-order chi connectivity index (χ0) is 20.0. The number of hydrogen-bond donors (Lipinski definition) is 1. The predicted molar refractivity (Wildman–Crippen MR) is 107 cm³/mol. The first-order chi connectivity index (χ1) is 13.5. The molecule has 0 aliphatic rings. The molecule has 142 valence electrons. The van der Waals surface area contributed by atoms with Gasteiger partial charge in [0.2, 0.25) is 0 Å². The zero-order valence-electron chi connectivity index (χ0n) is 14.9. The number of anilines is 1. The Morgan fingerprint density at radius 1 is 1.04 bits per heavy atom. The zero-order valence-corrected chi connectivity index (χ0v) is 15.8. The number of carbonyl (C=O) groups is 1. The number of methoxy groups -OCH3 is 1. The first-order valence-electron chi connectivity index (χ1n) is 8.24. The van der Waals surface area contributed by atoms with Crippen molar-refractivity contribution in [3.63, 3.8) is 0 Å². The van der Waals surface area contributed by atoms with Crippen LogP contribution in [0.5, 0.6) is 0 Å². The molecule has 28 heavy (non-hydrogen) atoms. The Morgan fingerprint density at radius 2 is 1.75 bits per heavy atom. The molecule has 2 aromatic carbocycles.